The first-order chi connectivity index (χ1) is 8.15. The van der Waals surface area contributed by atoms with E-state index in [1.165, 1.54) is 0 Å². The van der Waals surface area contributed by atoms with Crippen molar-refractivity contribution in [2.24, 2.45) is 0 Å². The van der Waals surface area contributed by atoms with Gasteiger partial charge in [0.05, 0.1) is 21.2 Å². The van der Waals surface area contributed by atoms with E-state index in [0.717, 1.165) is 11.3 Å². The van der Waals surface area contributed by atoms with Crippen LogP contribution in [0, 0.1) is 6.92 Å². The Morgan fingerprint density at radius 1 is 1.28 bits per heavy atom. The smallest absolute Gasteiger partial charge is 0.156 e. The third-order valence-electron chi connectivity index (χ3n) is 2.83. The topological polar surface area (TPSA) is 46.2 Å². The van der Waals surface area contributed by atoms with Gasteiger partial charge in [-0.05, 0) is 39.3 Å². The van der Waals surface area contributed by atoms with Gasteiger partial charge in [-0.15, -0.1) is 0 Å². The number of halogens is 1. The highest BCUT2D eigenvalue weighted by Gasteiger charge is 2.28. The van der Waals surface area contributed by atoms with Crippen LogP contribution < -0.4 is 5.32 Å². The lowest BCUT2D eigenvalue weighted by atomic mass is 10.2. The summed E-state index contributed by atoms with van der Waals surface area (Å²) in [5.74, 6) is 0.0984. The molecule has 0 aliphatic rings. The Hall–Kier alpha value is -0.740. The van der Waals surface area contributed by atoms with E-state index in [9.17, 15) is 8.42 Å². The molecule has 1 rings (SSSR count). The molecule has 0 heterocycles. The van der Waals surface area contributed by atoms with Gasteiger partial charge in [-0.2, -0.15) is 0 Å². The van der Waals surface area contributed by atoms with Crippen molar-refractivity contribution in [2.75, 3.05) is 17.6 Å². The van der Waals surface area contributed by atoms with E-state index < -0.39 is 14.6 Å². The minimum Gasteiger partial charge on any atom is -0.383 e. The monoisotopic (exact) mass is 289 g/mol. The summed E-state index contributed by atoms with van der Waals surface area (Å²) in [5.41, 5.74) is 1.82. The van der Waals surface area contributed by atoms with Crippen molar-refractivity contribution in [2.45, 2.75) is 32.4 Å². The number of sulfone groups is 1. The molecule has 0 saturated carbocycles. The molecule has 0 fully saturated rings. The molecule has 0 aromatic heterocycles. The van der Waals surface area contributed by atoms with Crippen LogP contribution in [0.5, 0.6) is 0 Å². The molecule has 0 radical (unpaired) electrons. The highest BCUT2D eigenvalue weighted by Crippen LogP contribution is 2.25. The molecule has 0 bridgehead atoms. The van der Waals surface area contributed by atoms with Crippen molar-refractivity contribution in [3.63, 3.8) is 0 Å². The minimum absolute atomic E-state index is 0.0984. The van der Waals surface area contributed by atoms with Crippen LogP contribution in [-0.2, 0) is 9.84 Å². The summed E-state index contributed by atoms with van der Waals surface area (Å²) in [6, 6.07) is 5.59. The van der Waals surface area contributed by atoms with Gasteiger partial charge in [-0.1, -0.05) is 23.7 Å². The third-order valence-corrected chi connectivity index (χ3v) is 5.75. The maximum Gasteiger partial charge on any atom is 0.156 e. The molecule has 1 aromatic rings. The van der Waals surface area contributed by atoms with Crippen LogP contribution in [0.2, 0.25) is 5.02 Å². The van der Waals surface area contributed by atoms with E-state index in [4.69, 9.17) is 11.6 Å². The highest BCUT2D eigenvalue weighted by molar-refractivity contribution is 7.92. The first kappa shape index (κ1) is 15.3. The summed E-state index contributed by atoms with van der Waals surface area (Å²) in [6.45, 7) is 7.44. The predicted molar refractivity (Wildman–Crippen MR) is 78.2 cm³/mol. The van der Waals surface area contributed by atoms with Gasteiger partial charge >= 0.3 is 0 Å². The number of hydrogen-bond donors (Lipinski definition) is 1. The van der Waals surface area contributed by atoms with Crippen molar-refractivity contribution in [1.82, 2.24) is 0 Å². The van der Waals surface area contributed by atoms with Crippen molar-refractivity contribution in [1.29, 1.82) is 0 Å². The van der Waals surface area contributed by atoms with Crippen LogP contribution in [-0.4, -0.2) is 25.5 Å². The number of nitrogens with one attached hydrogen (secondary N) is 1. The number of rotatable bonds is 4. The first-order valence-electron chi connectivity index (χ1n) is 5.86. The lowest BCUT2D eigenvalue weighted by Gasteiger charge is -2.20. The van der Waals surface area contributed by atoms with Gasteiger partial charge in [0.2, 0.25) is 0 Å². The molecule has 18 heavy (non-hydrogen) atoms. The molecule has 102 valence electrons. The van der Waals surface area contributed by atoms with Crippen LogP contribution in [0.1, 0.15) is 26.3 Å². The normalized spacial score (nSPS) is 12.5. The van der Waals surface area contributed by atoms with Gasteiger partial charge in [0.1, 0.15) is 0 Å². The summed E-state index contributed by atoms with van der Waals surface area (Å²) >= 11 is 6.06. The number of anilines is 1. The molecule has 0 atom stereocenters. The highest BCUT2D eigenvalue weighted by atomic mass is 35.5. The zero-order valence-corrected chi connectivity index (χ0v) is 12.8. The summed E-state index contributed by atoms with van der Waals surface area (Å²) in [4.78, 5) is 0. The number of hydrogen-bond acceptors (Lipinski definition) is 3. The van der Waals surface area contributed by atoms with Crippen molar-refractivity contribution in [3.8, 4) is 0 Å². The van der Waals surface area contributed by atoms with Crippen molar-refractivity contribution >= 4 is 27.1 Å². The Morgan fingerprint density at radius 3 is 2.39 bits per heavy atom. The van der Waals surface area contributed by atoms with Crippen LogP contribution in [0.15, 0.2) is 18.2 Å². The van der Waals surface area contributed by atoms with Gasteiger partial charge in [-0.3, -0.25) is 0 Å². The van der Waals surface area contributed by atoms with E-state index >= 15 is 0 Å². The Kier molecular flexibility index (Phi) is 4.67. The quantitative estimate of drug-likeness (QED) is 0.925. The lowest BCUT2D eigenvalue weighted by molar-refractivity contribution is 0.560. The van der Waals surface area contributed by atoms with E-state index in [0.29, 0.717) is 11.6 Å². The maximum absolute atomic E-state index is 11.9. The Morgan fingerprint density at radius 2 is 1.89 bits per heavy atom. The van der Waals surface area contributed by atoms with Crippen molar-refractivity contribution < 1.29 is 8.42 Å². The van der Waals surface area contributed by atoms with Gasteiger partial charge in [0, 0.05) is 6.54 Å². The molecular formula is C13H20ClNO2S. The van der Waals surface area contributed by atoms with Gasteiger partial charge in [0.15, 0.2) is 9.84 Å². The number of aryl methyl sites for hydroxylation is 1. The molecule has 0 aliphatic heterocycles. The Labute approximate surface area is 114 Å². The van der Waals surface area contributed by atoms with E-state index in [1.807, 2.05) is 19.1 Å². The standard InChI is InChI=1S/C13H20ClNO2S/c1-10-6-5-7-11(14)12(10)15-8-9-18(16,17)13(2,3)4/h5-7,15H,8-9H2,1-4H3. The predicted octanol–water partition coefficient (Wildman–Crippen LogP) is 3.27. The Balaban J connectivity index is 2.69. The summed E-state index contributed by atoms with van der Waals surface area (Å²) in [5, 5.41) is 3.71. The zero-order valence-electron chi connectivity index (χ0n) is 11.2. The first-order valence-corrected chi connectivity index (χ1v) is 7.89. The molecule has 1 aromatic carbocycles. The molecule has 0 spiro atoms. The van der Waals surface area contributed by atoms with E-state index in [2.05, 4.69) is 5.32 Å². The minimum atomic E-state index is -3.10. The fourth-order valence-electron chi connectivity index (χ4n) is 1.47. The van der Waals surface area contributed by atoms with Gasteiger partial charge < -0.3 is 5.32 Å². The largest absolute Gasteiger partial charge is 0.383 e. The van der Waals surface area contributed by atoms with Crippen LogP contribution >= 0.6 is 11.6 Å². The molecule has 3 nitrogen and oxygen atoms in total. The van der Waals surface area contributed by atoms with Crippen LogP contribution in [0.4, 0.5) is 5.69 Å². The molecule has 0 amide bonds. The van der Waals surface area contributed by atoms with Gasteiger partial charge in [-0.25, -0.2) is 8.42 Å². The molecular weight excluding hydrogens is 270 g/mol. The average molecular weight is 290 g/mol. The van der Waals surface area contributed by atoms with E-state index in [1.54, 1.807) is 26.8 Å². The maximum atomic E-state index is 11.9. The molecule has 1 N–H and O–H groups in total. The second-order valence-corrected chi connectivity index (χ2v) is 8.56. The van der Waals surface area contributed by atoms with Gasteiger partial charge in [0.25, 0.3) is 0 Å². The zero-order chi connectivity index (χ0) is 14.0. The van der Waals surface area contributed by atoms with E-state index in [-0.39, 0.29) is 5.75 Å². The summed E-state index contributed by atoms with van der Waals surface area (Å²) in [7, 11) is -3.10. The third kappa shape index (κ3) is 3.62. The average Bonchev–Trinajstić information content (AvgIpc) is 2.20. The fraction of sp³-hybridized carbons (Fsp3) is 0.538. The lowest BCUT2D eigenvalue weighted by Crippen LogP contribution is -2.33. The Bertz CT molecular complexity index is 498. The molecule has 0 saturated heterocycles. The SMILES string of the molecule is Cc1cccc(Cl)c1NCCS(=O)(=O)C(C)(C)C. The molecule has 5 heteroatoms. The number of para-hydroxylation sites is 1. The summed E-state index contributed by atoms with van der Waals surface area (Å²) < 4.78 is 23.2. The second-order valence-electron chi connectivity index (χ2n) is 5.29. The fourth-order valence-corrected chi connectivity index (χ4v) is 2.74. The van der Waals surface area contributed by atoms with Crippen LogP contribution in [0.25, 0.3) is 0 Å². The molecule has 0 unspecified atom stereocenters. The van der Waals surface area contributed by atoms with Crippen LogP contribution in [0.3, 0.4) is 0 Å². The second kappa shape index (κ2) is 5.49. The van der Waals surface area contributed by atoms with Crippen molar-refractivity contribution in [3.05, 3.63) is 28.8 Å². The summed E-state index contributed by atoms with van der Waals surface area (Å²) in [6.07, 6.45) is 0. The number of benzene rings is 1. The molecule has 0 aliphatic carbocycles.